The summed E-state index contributed by atoms with van der Waals surface area (Å²) in [6.07, 6.45) is 0. The Labute approximate surface area is 163 Å². The molecule has 10 heteroatoms. The molecule has 2 aromatic rings. The van der Waals surface area contributed by atoms with E-state index in [-0.39, 0.29) is 11.6 Å². The number of para-hydroxylation sites is 1. The van der Waals surface area contributed by atoms with Crippen molar-refractivity contribution in [3.05, 3.63) is 54.3 Å². The number of carbonyl (C=O) groups excluding carboxylic acids is 2. The van der Waals surface area contributed by atoms with Crippen LogP contribution in [0.1, 0.15) is 6.92 Å². The van der Waals surface area contributed by atoms with Gasteiger partial charge in [-0.15, -0.1) is 0 Å². The van der Waals surface area contributed by atoms with Crippen LogP contribution in [-0.2, 0) is 19.8 Å². The summed E-state index contributed by atoms with van der Waals surface area (Å²) in [5.74, 6) is -1.71. The van der Waals surface area contributed by atoms with E-state index >= 15 is 0 Å². The summed E-state index contributed by atoms with van der Waals surface area (Å²) in [6, 6.07) is 11.7. The number of nitrogens with zero attached hydrogens (tertiary/aromatic N) is 2. The molecule has 150 valence electrons. The number of nitrogens with one attached hydrogen (secondary N) is 2. The van der Waals surface area contributed by atoms with Crippen molar-refractivity contribution in [2.24, 2.45) is 0 Å². The Morgan fingerprint density at radius 3 is 2.18 bits per heavy atom. The van der Waals surface area contributed by atoms with Gasteiger partial charge in [0.05, 0.1) is 5.69 Å². The van der Waals surface area contributed by atoms with Crippen LogP contribution in [0, 0.1) is 5.82 Å². The number of amides is 2. The highest BCUT2D eigenvalue weighted by molar-refractivity contribution is 7.90. The standard InChI is InChI=1S/C18H21FN4O4S/c1-13(24)20-14-7-6-8-15(11-14)21-18(25)12-23(28(26,27)22(2)3)17-10-5-4-9-16(17)19/h4-11H,12H2,1-3H3,(H,20,24)(H,21,25). The van der Waals surface area contributed by atoms with Crippen molar-refractivity contribution >= 4 is 39.1 Å². The molecule has 0 saturated carbocycles. The Balaban J connectivity index is 2.26. The summed E-state index contributed by atoms with van der Waals surface area (Å²) >= 11 is 0. The SMILES string of the molecule is CC(=O)Nc1cccc(NC(=O)CN(c2ccccc2F)S(=O)(=O)N(C)C)c1. The molecule has 0 atom stereocenters. The van der Waals surface area contributed by atoms with Gasteiger partial charge in [-0.25, -0.2) is 8.70 Å². The molecule has 2 N–H and O–H groups in total. The normalized spacial score (nSPS) is 11.2. The minimum absolute atomic E-state index is 0.238. The molecule has 8 nitrogen and oxygen atoms in total. The molecular formula is C18H21FN4O4S. The van der Waals surface area contributed by atoms with Crippen LogP contribution in [0.4, 0.5) is 21.5 Å². The number of rotatable bonds is 7. The molecule has 2 amide bonds. The quantitative estimate of drug-likeness (QED) is 0.732. The van der Waals surface area contributed by atoms with Gasteiger partial charge in [0.15, 0.2) is 0 Å². The highest BCUT2D eigenvalue weighted by Gasteiger charge is 2.29. The summed E-state index contributed by atoms with van der Waals surface area (Å²) in [6.45, 7) is 0.718. The predicted molar refractivity (Wildman–Crippen MR) is 106 cm³/mol. The third-order valence-corrected chi connectivity index (χ3v) is 5.42. The molecule has 0 radical (unpaired) electrons. The van der Waals surface area contributed by atoms with Gasteiger partial charge in [0.25, 0.3) is 0 Å². The second-order valence-corrected chi connectivity index (χ2v) is 8.13. The minimum atomic E-state index is -4.12. The van der Waals surface area contributed by atoms with E-state index in [0.29, 0.717) is 15.7 Å². The van der Waals surface area contributed by atoms with E-state index in [1.807, 2.05) is 0 Å². The van der Waals surface area contributed by atoms with Crippen molar-refractivity contribution in [1.29, 1.82) is 0 Å². The second kappa shape index (κ2) is 8.81. The third-order valence-electron chi connectivity index (χ3n) is 3.62. The van der Waals surface area contributed by atoms with Crippen molar-refractivity contribution in [1.82, 2.24) is 4.31 Å². The van der Waals surface area contributed by atoms with E-state index in [9.17, 15) is 22.4 Å². The van der Waals surface area contributed by atoms with Gasteiger partial charge >= 0.3 is 10.2 Å². The Kier molecular flexibility index (Phi) is 6.71. The van der Waals surface area contributed by atoms with Crippen LogP contribution in [0.5, 0.6) is 0 Å². The topological polar surface area (TPSA) is 98.8 Å². The fraction of sp³-hybridized carbons (Fsp3) is 0.222. The van der Waals surface area contributed by atoms with E-state index in [4.69, 9.17) is 0 Å². The van der Waals surface area contributed by atoms with Gasteiger partial charge in [-0.2, -0.15) is 12.7 Å². The van der Waals surface area contributed by atoms with Gasteiger partial charge < -0.3 is 10.6 Å². The monoisotopic (exact) mass is 408 g/mol. The molecule has 28 heavy (non-hydrogen) atoms. The van der Waals surface area contributed by atoms with Gasteiger partial charge in [0, 0.05) is 32.4 Å². The predicted octanol–water partition coefficient (Wildman–Crippen LogP) is 2.04. The second-order valence-electron chi connectivity index (χ2n) is 6.06. The maximum absolute atomic E-state index is 14.2. The number of hydrogen-bond acceptors (Lipinski definition) is 4. The van der Waals surface area contributed by atoms with E-state index < -0.39 is 28.5 Å². The van der Waals surface area contributed by atoms with Crippen molar-refractivity contribution < 1.29 is 22.4 Å². The highest BCUT2D eigenvalue weighted by Crippen LogP contribution is 2.23. The van der Waals surface area contributed by atoms with Crippen LogP contribution >= 0.6 is 0 Å². The van der Waals surface area contributed by atoms with Gasteiger partial charge in [-0.3, -0.25) is 9.59 Å². The molecule has 0 unspecified atom stereocenters. The molecule has 0 aliphatic heterocycles. The molecule has 0 aliphatic rings. The highest BCUT2D eigenvalue weighted by atomic mass is 32.2. The molecule has 0 fully saturated rings. The van der Waals surface area contributed by atoms with Gasteiger partial charge in [-0.1, -0.05) is 18.2 Å². The van der Waals surface area contributed by atoms with E-state index in [0.717, 1.165) is 10.4 Å². The first-order valence-electron chi connectivity index (χ1n) is 8.23. The fourth-order valence-electron chi connectivity index (χ4n) is 2.35. The van der Waals surface area contributed by atoms with Gasteiger partial charge in [0.2, 0.25) is 11.8 Å². The lowest BCUT2D eigenvalue weighted by atomic mass is 10.2. The molecule has 0 saturated heterocycles. The van der Waals surface area contributed by atoms with Crippen molar-refractivity contribution in [2.75, 3.05) is 35.6 Å². The fourth-order valence-corrected chi connectivity index (χ4v) is 3.42. The number of benzene rings is 2. The molecule has 0 spiro atoms. The van der Waals surface area contributed by atoms with Crippen LogP contribution in [0.3, 0.4) is 0 Å². The Bertz CT molecular complexity index is 979. The average Bonchev–Trinajstić information content (AvgIpc) is 2.60. The zero-order valence-electron chi connectivity index (χ0n) is 15.6. The number of halogens is 1. The maximum Gasteiger partial charge on any atom is 0.304 e. The van der Waals surface area contributed by atoms with E-state index in [2.05, 4.69) is 10.6 Å². The van der Waals surface area contributed by atoms with Gasteiger partial charge in [0.1, 0.15) is 12.4 Å². The van der Waals surface area contributed by atoms with Crippen LogP contribution in [0.25, 0.3) is 0 Å². The first kappa shape index (κ1) is 21.3. The molecule has 2 aromatic carbocycles. The van der Waals surface area contributed by atoms with E-state index in [1.165, 1.54) is 45.3 Å². The van der Waals surface area contributed by atoms with Crippen LogP contribution in [0.15, 0.2) is 48.5 Å². The van der Waals surface area contributed by atoms with E-state index in [1.54, 1.807) is 18.2 Å². The maximum atomic E-state index is 14.2. The summed E-state index contributed by atoms with van der Waals surface area (Å²) < 4.78 is 41.0. The minimum Gasteiger partial charge on any atom is -0.326 e. The summed E-state index contributed by atoms with van der Waals surface area (Å²) in [5, 5.41) is 5.13. The Hall–Kier alpha value is -2.98. The smallest absolute Gasteiger partial charge is 0.304 e. The number of hydrogen-bond donors (Lipinski definition) is 2. The lowest BCUT2D eigenvalue weighted by molar-refractivity contribution is -0.115. The van der Waals surface area contributed by atoms with Crippen molar-refractivity contribution in [3.63, 3.8) is 0 Å². The van der Waals surface area contributed by atoms with Crippen molar-refractivity contribution in [3.8, 4) is 0 Å². The third kappa shape index (κ3) is 5.27. The zero-order valence-corrected chi connectivity index (χ0v) is 16.5. The first-order valence-corrected chi connectivity index (χ1v) is 9.63. The number of anilines is 3. The molecule has 0 aliphatic carbocycles. The average molecular weight is 408 g/mol. The first-order chi connectivity index (χ1) is 13.1. The zero-order chi connectivity index (χ0) is 20.9. The molecule has 0 aromatic heterocycles. The summed E-state index contributed by atoms with van der Waals surface area (Å²) in [5.41, 5.74) is 0.586. The molecule has 2 rings (SSSR count). The Morgan fingerprint density at radius 1 is 1.00 bits per heavy atom. The molecule has 0 heterocycles. The number of carbonyl (C=O) groups is 2. The van der Waals surface area contributed by atoms with Crippen LogP contribution < -0.4 is 14.9 Å². The molecular weight excluding hydrogens is 387 g/mol. The lowest BCUT2D eigenvalue weighted by Crippen LogP contribution is -2.44. The largest absolute Gasteiger partial charge is 0.326 e. The summed E-state index contributed by atoms with van der Waals surface area (Å²) in [7, 11) is -1.54. The van der Waals surface area contributed by atoms with Crippen molar-refractivity contribution in [2.45, 2.75) is 6.92 Å². The lowest BCUT2D eigenvalue weighted by Gasteiger charge is -2.27. The van der Waals surface area contributed by atoms with Crippen LogP contribution in [-0.4, -0.2) is 45.2 Å². The van der Waals surface area contributed by atoms with Crippen LogP contribution in [0.2, 0.25) is 0 Å². The Morgan fingerprint density at radius 2 is 1.61 bits per heavy atom. The van der Waals surface area contributed by atoms with Gasteiger partial charge in [-0.05, 0) is 30.3 Å². The molecule has 0 bridgehead atoms. The summed E-state index contributed by atoms with van der Waals surface area (Å²) in [4.78, 5) is 23.6.